The van der Waals surface area contributed by atoms with Gasteiger partial charge < -0.3 is 5.32 Å². The molecule has 0 radical (unpaired) electrons. The number of nitrogens with one attached hydrogen (secondary N) is 1. The molecule has 1 unspecified atom stereocenters. The summed E-state index contributed by atoms with van der Waals surface area (Å²) in [5.41, 5.74) is 10.4. The Morgan fingerprint density at radius 2 is 1.11 bits per heavy atom. The van der Waals surface area contributed by atoms with Crippen molar-refractivity contribution in [2.24, 2.45) is 9.98 Å². The van der Waals surface area contributed by atoms with Gasteiger partial charge in [-0.15, -0.1) is 0 Å². The van der Waals surface area contributed by atoms with E-state index in [-0.39, 0.29) is 6.17 Å². The molecule has 268 valence electrons. The van der Waals surface area contributed by atoms with Crippen LogP contribution < -0.4 is 5.32 Å². The molecule has 11 rings (SSSR count). The van der Waals surface area contributed by atoms with E-state index in [4.69, 9.17) is 20.0 Å². The minimum absolute atomic E-state index is 0.285. The second-order valence-corrected chi connectivity index (χ2v) is 14.3. The maximum atomic E-state index is 5.47. The molecule has 6 heteroatoms. The van der Waals surface area contributed by atoms with Crippen molar-refractivity contribution in [2.75, 3.05) is 0 Å². The first-order chi connectivity index (χ1) is 28.3. The van der Waals surface area contributed by atoms with Crippen LogP contribution in [0.1, 0.15) is 22.9 Å². The number of hydrogen-bond donors (Lipinski definition) is 1. The molecule has 3 heterocycles. The fourth-order valence-corrected chi connectivity index (χ4v) is 8.16. The van der Waals surface area contributed by atoms with Crippen molar-refractivity contribution < 1.29 is 0 Å². The van der Waals surface area contributed by atoms with Gasteiger partial charge in [0, 0.05) is 44.7 Å². The summed E-state index contributed by atoms with van der Waals surface area (Å²) < 4.78 is 2.34. The van der Waals surface area contributed by atoms with Crippen molar-refractivity contribution in [1.82, 2.24) is 19.9 Å². The lowest BCUT2D eigenvalue weighted by atomic mass is 10.0. The van der Waals surface area contributed by atoms with Crippen LogP contribution in [0.15, 0.2) is 204 Å². The van der Waals surface area contributed by atoms with E-state index in [1.54, 1.807) is 0 Å². The van der Waals surface area contributed by atoms with Gasteiger partial charge >= 0.3 is 0 Å². The number of fused-ring (bicyclic) bond motifs is 7. The zero-order valence-electron chi connectivity index (χ0n) is 30.8. The molecule has 0 fully saturated rings. The Kier molecular flexibility index (Phi) is 7.78. The normalized spacial score (nSPS) is 14.1. The molecule has 1 atom stereocenters. The van der Waals surface area contributed by atoms with Gasteiger partial charge in [0.1, 0.15) is 17.8 Å². The zero-order chi connectivity index (χ0) is 37.7. The van der Waals surface area contributed by atoms with E-state index in [0.717, 1.165) is 88.8 Å². The Morgan fingerprint density at radius 1 is 0.474 bits per heavy atom. The average molecular weight is 731 g/mol. The highest BCUT2D eigenvalue weighted by molar-refractivity contribution is 6.23. The summed E-state index contributed by atoms with van der Waals surface area (Å²) in [6, 6.07) is 65.6. The van der Waals surface area contributed by atoms with Crippen LogP contribution in [-0.4, -0.2) is 26.2 Å². The largest absolute Gasteiger partial charge is 0.344 e. The maximum Gasteiger partial charge on any atom is 0.159 e. The Balaban J connectivity index is 1.00. The molecule has 8 aromatic carbocycles. The number of pyridine rings is 1. The van der Waals surface area contributed by atoms with Crippen molar-refractivity contribution in [2.45, 2.75) is 6.17 Å². The summed E-state index contributed by atoms with van der Waals surface area (Å²) in [5, 5.41) is 9.19. The van der Waals surface area contributed by atoms with Crippen LogP contribution in [0.4, 0.5) is 0 Å². The van der Waals surface area contributed by atoms with Crippen molar-refractivity contribution >= 4 is 55.2 Å². The van der Waals surface area contributed by atoms with E-state index in [0.29, 0.717) is 5.84 Å². The van der Waals surface area contributed by atoms with E-state index >= 15 is 0 Å². The van der Waals surface area contributed by atoms with E-state index in [2.05, 4.69) is 155 Å². The molecule has 10 aromatic rings. The number of aromatic nitrogens is 3. The molecule has 1 aliphatic rings. The second-order valence-electron chi connectivity index (χ2n) is 14.3. The maximum absolute atomic E-state index is 5.47. The van der Waals surface area contributed by atoms with Crippen molar-refractivity contribution in [3.63, 3.8) is 0 Å². The van der Waals surface area contributed by atoms with Crippen LogP contribution in [0.5, 0.6) is 0 Å². The number of amidine groups is 2. The third kappa shape index (κ3) is 5.66. The molecule has 0 amide bonds. The van der Waals surface area contributed by atoms with Crippen molar-refractivity contribution in [3.05, 3.63) is 211 Å². The minimum atomic E-state index is -0.285. The van der Waals surface area contributed by atoms with Crippen molar-refractivity contribution in [1.29, 1.82) is 0 Å². The van der Waals surface area contributed by atoms with E-state index in [9.17, 15) is 0 Å². The molecule has 6 nitrogen and oxygen atoms in total. The highest BCUT2D eigenvalue weighted by atomic mass is 15.2. The minimum Gasteiger partial charge on any atom is -0.344 e. The first-order valence-corrected chi connectivity index (χ1v) is 19.2. The lowest BCUT2D eigenvalue weighted by Gasteiger charge is -2.23. The van der Waals surface area contributed by atoms with Crippen LogP contribution in [0.3, 0.4) is 0 Å². The SMILES string of the molecule is c1ccc(C2=NC(c3ccc(-c4ccc(-n5c(-c6cccc7ccccc67)nc6c7cccnc7c7ccccc7c65)cc4)cc3)NC(c3ccccc3)=N2)cc1. The molecule has 1 N–H and O–H groups in total. The Hall–Kier alpha value is -7.70. The van der Waals surface area contributed by atoms with Crippen LogP contribution >= 0.6 is 0 Å². The average Bonchev–Trinajstić information content (AvgIpc) is 3.70. The topological polar surface area (TPSA) is 67.5 Å². The fraction of sp³-hybridized carbons (Fsp3) is 0.0196. The Morgan fingerprint density at radius 3 is 1.88 bits per heavy atom. The standard InChI is InChI=1S/C51H34N6/c1-3-14-36(15-4-1)48-54-49(37-16-5-2-6-17-37)56-50(55-48)38-26-24-33(25-27-38)34-28-30-39(31-29-34)57-47-42-21-10-9-20-41(42)45-44(23-12-32-52-45)46(47)53-51(57)43-22-11-18-35-13-7-8-19-40(35)43/h1-32,50H,(H,54,55,56). The number of imidazole rings is 1. The molecule has 0 saturated carbocycles. The third-order valence-corrected chi connectivity index (χ3v) is 10.9. The predicted octanol–water partition coefficient (Wildman–Crippen LogP) is 11.7. The number of hydrogen-bond acceptors (Lipinski definition) is 5. The zero-order valence-corrected chi connectivity index (χ0v) is 30.8. The van der Waals surface area contributed by atoms with Gasteiger partial charge in [-0.3, -0.25) is 9.55 Å². The summed E-state index contributed by atoms with van der Waals surface area (Å²) in [7, 11) is 0. The Labute approximate surface area is 329 Å². The predicted molar refractivity (Wildman–Crippen MR) is 234 cm³/mol. The van der Waals surface area contributed by atoms with Gasteiger partial charge in [-0.1, -0.05) is 164 Å². The number of aliphatic imine (C=N–C) groups is 2. The summed E-state index contributed by atoms with van der Waals surface area (Å²) in [6.45, 7) is 0. The van der Waals surface area contributed by atoms with Gasteiger partial charge in [0.25, 0.3) is 0 Å². The molecule has 1 aliphatic heterocycles. The fourth-order valence-electron chi connectivity index (χ4n) is 8.16. The highest BCUT2D eigenvalue weighted by Gasteiger charge is 2.23. The van der Waals surface area contributed by atoms with E-state index in [1.165, 1.54) is 5.39 Å². The second kappa shape index (κ2) is 13.6. The third-order valence-electron chi connectivity index (χ3n) is 10.9. The first-order valence-electron chi connectivity index (χ1n) is 19.2. The van der Waals surface area contributed by atoms with Crippen LogP contribution in [0.25, 0.3) is 71.7 Å². The smallest absolute Gasteiger partial charge is 0.159 e. The molecule has 57 heavy (non-hydrogen) atoms. The van der Waals surface area contributed by atoms with Gasteiger partial charge in [-0.25, -0.2) is 15.0 Å². The summed E-state index contributed by atoms with van der Waals surface area (Å²) in [4.78, 5) is 20.3. The lowest BCUT2D eigenvalue weighted by Crippen LogP contribution is -2.33. The molecule has 0 aliphatic carbocycles. The van der Waals surface area contributed by atoms with Gasteiger partial charge in [0.15, 0.2) is 5.84 Å². The molecular weight excluding hydrogens is 697 g/mol. The van der Waals surface area contributed by atoms with Crippen molar-refractivity contribution in [3.8, 4) is 28.2 Å². The van der Waals surface area contributed by atoms with Gasteiger partial charge in [-0.05, 0) is 51.7 Å². The van der Waals surface area contributed by atoms with Crippen LogP contribution in [-0.2, 0) is 0 Å². The molecule has 0 bridgehead atoms. The quantitative estimate of drug-likeness (QED) is 0.173. The molecule has 0 spiro atoms. The lowest BCUT2D eigenvalue weighted by molar-refractivity contribution is 0.674. The highest BCUT2D eigenvalue weighted by Crippen LogP contribution is 2.40. The van der Waals surface area contributed by atoms with Crippen LogP contribution in [0.2, 0.25) is 0 Å². The first kappa shape index (κ1) is 32.7. The summed E-state index contributed by atoms with van der Waals surface area (Å²) >= 11 is 0. The number of nitrogens with zero attached hydrogens (tertiary/aromatic N) is 5. The number of rotatable bonds is 6. The van der Waals surface area contributed by atoms with Gasteiger partial charge in [0.05, 0.1) is 16.6 Å². The summed E-state index contributed by atoms with van der Waals surface area (Å²) in [5.74, 6) is 2.42. The van der Waals surface area contributed by atoms with E-state index in [1.807, 2.05) is 48.7 Å². The number of benzene rings is 8. The molecule has 2 aromatic heterocycles. The van der Waals surface area contributed by atoms with Gasteiger partial charge in [0.2, 0.25) is 0 Å². The monoisotopic (exact) mass is 730 g/mol. The van der Waals surface area contributed by atoms with Crippen LogP contribution in [0, 0.1) is 0 Å². The Bertz CT molecular complexity index is 3180. The van der Waals surface area contributed by atoms with E-state index < -0.39 is 0 Å². The van der Waals surface area contributed by atoms with Gasteiger partial charge in [-0.2, -0.15) is 0 Å². The molecular formula is C51H34N6. The molecule has 0 saturated heterocycles. The summed E-state index contributed by atoms with van der Waals surface area (Å²) in [6.07, 6.45) is 1.58.